The Morgan fingerprint density at radius 2 is 1.88 bits per heavy atom. The van der Waals surface area contributed by atoms with Crippen LogP contribution in [0.15, 0.2) is 57.7 Å². The summed E-state index contributed by atoms with van der Waals surface area (Å²) in [6.07, 6.45) is 1.14. The third-order valence-electron chi connectivity index (χ3n) is 10.3. The van der Waals surface area contributed by atoms with Crippen LogP contribution >= 0.6 is 11.3 Å². The first-order valence-corrected chi connectivity index (χ1v) is 17.9. The number of anilines is 1. The van der Waals surface area contributed by atoms with Gasteiger partial charge in [-0.2, -0.15) is 0 Å². The van der Waals surface area contributed by atoms with E-state index in [9.17, 15) is 18.4 Å². The summed E-state index contributed by atoms with van der Waals surface area (Å²) in [6, 6.07) is 12.0. The van der Waals surface area contributed by atoms with Crippen LogP contribution in [0, 0.1) is 18.6 Å². The van der Waals surface area contributed by atoms with E-state index < -0.39 is 23.8 Å². The SMILES string of the molecule is COc1c(F)ccc2c1C[C@H](F)[C@@H]2Nc1nc(C)cc2cc(-c3c4c(nc(CCc5ccc(F)cc5)c3-c3n[nH]c(=O)o3)[C@H]3CCCN3C4=O)sc12. The summed E-state index contributed by atoms with van der Waals surface area (Å²) in [5.74, 6) is -1.32. The van der Waals surface area contributed by atoms with Crippen LogP contribution in [0.1, 0.15) is 69.1 Å². The zero-order chi connectivity index (χ0) is 35.8. The van der Waals surface area contributed by atoms with Crippen LogP contribution < -0.4 is 15.8 Å². The number of halogens is 3. The summed E-state index contributed by atoms with van der Waals surface area (Å²) in [7, 11) is 1.37. The maximum atomic E-state index is 15.7. The fourth-order valence-corrected chi connectivity index (χ4v) is 9.17. The number of alkyl halides is 1. The number of nitrogens with one attached hydrogen (secondary N) is 2. The van der Waals surface area contributed by atoms with Crippen molar-refractivity contribution in [1.29, 1.82) is 0 Å². The first kappa shape index (κ1) is 32.4. The molecule has 0 unspecified atom stereocenters. The normalized spacial score (nSPS) is 19.0. The molecule has 4 aromatic heterocycles. The number of benzene rings is 2. The zero-order valence-corrected chi connectivity index (χ0v) is 28.9. The number of ether oxygens (including phenoxy) is 1. The van der Waals surface area contributed by atoms with Gasteiger partial charge in [0, 0.05) is 34.7 Å². The lowest BCUT2D eigenvalue weighted by molar-refractivity contribution is 0.0776. The number of amides is 1. The Hall–Kier alpha value is -5.50. The van der Waals surface area contributed by atoms with E-state index in [1.165, 1.54) is 36.6 Å². The molecule has 3 aliphatic rings. The highest BCUT2D eigenvalue weighted by Gasteiger charge is 2.45. The topological polar surface area (TPSA) is 126 Å². The quantitative estimate of drug-likeness (QED) is 0.166. The molecule has 10 nitrogen and oxygen atoms in total. The number of aromatic nitrogens is 4. The molecule has 2 aliphatic heterocycles. The predicted octanol–water partition coefficient (Wildman–Crippen LogP) is 7.42. The molecule has 0 bridgehead atoms. The Morgan fingerprint density at radius 1 is 1.06 bits per heavy atom. The van der Waals surface area contributed by atoms with Gasteiger partial charge in [0.15, 0.2) is 11.6 Å². The Bertz CT molecular complexity index is 2480. The number of hydrogen-bond donors (Lipinski definition) is 2. The van der Waals surface area contributed by atoms with Gasteiger partial charge in [-0.25, -0.2) is 28.0 Å². The van der Waals surface area contributed by atoms with Gasteiger partial charge in [-0.05, 0) is 79.5 Å². The number of rotatable bonds is 8. The lowest BCUT2D eigenvalue weighted by Crippen LogP contribution is -2.22. The number of carbonyl (C=O) groups excluding carboxylic acids is 1. The summed E-state index contributed by atoms with van der Waals surface area (Å²) in [6.45, 7) is 2.44. The van der Waals surface area contributed by atoms with E-state index in [1.807, 2.05) is 24.0 Å². The van der Waals surface area contributed by atoms with E-state index in [0.717, 1.165) is 23.8 Å². The number of aryl methyl sites for hydroxylation is 3. The van der Waals surface area contributed by atoms with E-state index in [1.54, 1.807) is 18.2 Å². The van der Waals surface area contributed by atoms with Gasteiger partial charge in [0.1, 0.15) is 17.8 Å². The Kier molecular flexibility index (Phi) is 7.68. The second-order valence-electron chi connectivity index (χ2n) is 13.4. The third kappa shape index (κ3) is 5.18. The first-order chi connectivity index (χ1) is 25.2. The lowest BCUT2D eigenvalue weighted by atomic mass is 9.93. The minimum absolute atomic E-state index is 0.00149. The van der Waals surface area contributed by atoms with Gasteiger partial charge in [0.05, 0.1) is 46.4 Å². The molecule has 3 atom stereocenters. The van der Waals surface area contributed by atoms with E-state index in [2.05, 4.69) is 15.5 Å². The van der Waals surface area contributed by atoms with Crippen molar-refractivity contribution in [2.75, 3.05) is 19.0 Å². The summed E-state index contributed by atoms with van der Waals surface area (Å²) in [5.41, 5.74) is 5.30. The molecular formula is C38H31F3N6O4S. The van der Waals surface area contributed by atoms with Crippen molar-refractivity contribution in [1.82, 2.24) is 25.1 Å². The van der Waals surface area contributed by atoms with Gasteiger partial charge in [0.2, 0.25) is 0 Å². The zero-order valence-electron chi connectivity index (χ0n) is 28.1. The number of carbonyl (C=O) groups is 1. The van der Waals surface area contributed by atoms with Gasteiger partial charge < -0.3 is 19.4 Å². The van der Waals surface area contributed by atoms with Crippen molar-refractivity contribution < 1.29 is 27.1 Å². The molecule has 1 fully saturated rings. The van der Waals surface area contributed by atoms with Crippen LogP contribution in [-0.4, -0.2) is 50.8 Å². The van der Waals surface area contributed by atoms with Crippen LogP contribution in [0.4, 0.5) is 19.0 Å². The molecule has 52 heavy (non-hydrogen) atoms. The predicted molar refractivity (Wildman–Crippen MR) is 188 cm³/mol. The van der Waals surface area contributed by atoms with E-state index in [0.29, 0.717) is 79.7 Å². The number of hydrogen-bond acceptors (Lipinski definition) is 9. The molecule has 6 aromatic rings. The number of aromatic amines is 1. The lowest BCUT2D eigenvalue weighted by Gasteiger charge is -2.18. The molecule has 0 saturated carbocycles. The molecule has 14 heteroatoms. The van der Waals surface area contributed by atoms with Gasteiger partial charge in [-0.15, -0.1) is 16.4 Å². The molecule has 1 amide bonds. The summed E-state index contributed by atoms with van der Waals surface area (Å²) < 4.78 is 55.5. The third-order valence-corrected chi connectivity index (χ3v) is 11.4. The van der Waals surface area contributed by atoms with Crippen LogP contribution in [0.2, 0.25) is 0 Å². The molecule has 0 radical (unpaired) electrons. The molecule has 1 aliphatic carbocycles. The second kappa shape index (κ2) is 12.3. The second-order valence-corrected chi connectivity index (χ2v) is 14.5. The van der Waals surface area contributed by atoms with Crippen molar-refractivity contribution in [3.8, 4) is 27.6 Å². The standard InChI is InChI=1S/C38H31F3N6O4S/c1-17-14-19-15-27(52-34(19)35(42-17)44-31-21-10-11-23(40)33(50-2)22(21)16-24(31)41)29-28(36-45-46-38(49)51-36)25(12-7-18-5-8-20(39)9-6-18)43-32-26-4-3-13-47(26)37(48)30(29)32/h5-6,8-11,14-15,24,26,31H,3-4,7,12-13,16H2,1-2H3,(H,42,44)(H,46,49)/t24-,26+,31+/m0/s1. The summed E-state index contributed by atoms with van der Waals surface area (Å²) in [5, 5.41) is 10.7. The van der Waals surface area contributed by atoms with E-state index >= 15 is 4.39 Å². The van der Waals surface area contributed by atoms with Crippen molar-refractivity contribution in [2.45, 2.75) is 57.3 Å². The van der Waals surface area contributed by atoms with Crippen molar-refractivity contribution >= 4 is 33.1 Å². The van der Waals surface area contributed by atoms with Crippen LogP contribution in [0.3, 0.4) is 0 Å². The number of methoxy groups -OCH3 is 1. The fourth-order valence-electron chi connectivity index (χ4n) is 8.02. The molecule has 1 saturated heterocycles. The maximum absolute atomic E-state index is 15.7. The largest absolute Gasteiger partial charge is 0.493 e. The minimum Gasteiger partial charge on any atom is -0.493 e. The van der Waals surface area contributed by atoms with Crippen LogP contribution in [0.25, 0.3) is 32.0 Å². The molecule has 2 N–H and O–H groups in total. The highest BCUT2D eigenvalue weighted by molar-refractivity contribution is 7.23. The molecular weight excluding hydrogens is 694 g/mol. The Balaban J connectivity index is 1.22. The van der Waals surface area contributed by atoms with Crippen molar-refractivity contribution in [3.63, 3.8) is 0 Å². The molecule has 9 rings (SSSR count). The average Bonchev–Trinajstić information content (AvgIpc) is 3.96. The summed E-state index contributed by atoms with van der Waals surface area (Å²) in [4.78, 5) is 39.0. The number of thiophene rings is 1. The van der Waals surface area contributed by atoms with Gasteiger partial charge in [-0.3, -0.25) is 9.78 Å². The van der Waals surface area contributed by atoms with Gasteiger partial charge >= 0.3 is 5.76 Å². The van der Waals surface area contributed by atoms with E-state index in [-0.39, 0.29) is 35.8 Å². The fraction of sp³-hybridized carbons (Fsp3) is 0.289. The minimum atomic E-state index is -1.37. The first-order valence-electron chi connectivity index (χ1n) is 17.0. The monoisotopic (exact) mass is 724 g/mol. The van der Waals surface area contributed by atoms with Crippen molar-refractivity contribution in [3.05, 3.63) is 110 Å². The smallest absolute Gasteiger partial charge is 0.434 e. The highest BCUT2D eigenvalue weighted by Crippen LogP contribution is 2.51. The number of nitrogens with zero attached hydrogens (tertiary/aromatic N) is 4. The average molecular weight is 725 g/mol. The molecule has 264 valence electrons. The number of fused-ring (bicyclic) bond motifs is 5. The molecule has 6 heterocycles. The number of H-pyrrole nitrogens is 1. The maximum Gasteiger partial charge on any atom is 0.434 e. The molecule has 2 aromatic carbocycles. The van der Waals surface area contributed by atoms with Gasteiger partial charge in [0.25, 0.3) is 11.8 Å². The Labute approximate surface area is 298 Å². The van der Waals surface area contributed by atoms with Gasteiger partial charge in [-0.1, -0.05) is 18.2 Å². The van der Waals surface area contributed by atoms with Crippen LogP contribution in [0.5, 0.6) is 5.75 Å². The van der Waals surface area contributed by atoms with Crippen LogP contribution in [-0.2, 0) is 19.3 Å². The van der Waals surface area contributed by atoms with E-state index in [4.69, 9.17) is 19.1 Å². The summed E-state index contributed by atoms with van der Waals surface area (Å²) >= 11 is 1.37. The molecule has 0 spiro atoms. The number of pyridine rings is 2. The highest BCUT2D eigenvalue weighted by atomic mass is 32.1. The Morgan fingerprint density at radius 3 is 2.65 bits per heavy atom. The van der Waals surface area contributed by atoms with Crippen molar-refractivity contribution in [2.24, 2.45) is 0 Å².